The number of hydrogen-bond acceptors (Lipinski definition) is 8. The Kier molecular flexibility index (Phi) is 6.70. The van der Waals surface area contributed by atoms with Gasteiger partial charge in [-0.25, -0.2) is 9.37 Å². The van der Waals surface area contributed by atoms with Gasteiger partial charge in [0.1, 0.15) is 23.2 Å². The van der Waals surface area contributed by atoms with Gasteiger partial charge in [-0.3, -0.25) is 4.57 Å². The summed E-state index contributed by atoms with van der Waals surface area (Å²) >= 11 is 8.93. The molecule has 2 aromatic carbocycles. The van der Waals surface area contributed by atoms with Crippen molar-refractivity contribution in [3.05, 3.63) is 76.8 Å². The van der Waals surface area contributed by atoms with Gasteiger partial charge in [-0.05, 0) is 30.3 Å². The van der Waals surface area contributed by atoms with E-state index in [-0.39, 0.29) is 18.4 Å². The number of rotatable bonds is 9. The molecule has 34 heavy (non-hydrogen) atoms. The second kappa shape index (κ2) is 10.0. The summed E-state index contributed by atoms with van der Waals surface area (Å²) in [5.41, 5.74) is 1.93. The third-order valence-electron chi connectivity index (χ3n) is 4.88. The van der Waals surface area contributed by atoms with Gasteiger partial charge in [0, 0.05) is 29.3 Å². The summed E-state index contributed by atoms with van der Waals surface area (Å²) in [6.07, 6.45) is 1.77. The van der Waals surface area contributed by atoms with Crippen LogP contribution in [0.2, 0.25) is 5.02 Å². The van der Waals surface area contributed by atoms with E-state index in [4.69, 9.17) is 30.8 Å². The smallest absolute Gasteiger partial charge is 0.231 e. The van der Waals surface area contributed by atoms with Gasteiger partial charge in [0.15, 0.2) is 22.5 Å². The molecule has 11 heteroatoms. The van der Waals surface area contributed by atoms with Crippen LogP contribution in [-0.4, -0.2) is 26.5 Å². The highest BCUT2D eigenvalue weighted by Crippen LogP contribution is 2.37. The van der Waals surface area contributed by atoms with Crippen LogP contribution in [0.25, 0.3) is 10.6 Å². The summed E-state index contributed by atoms with van der Waals surface area (Å²) < 4.78 is 31.8. The average Bonchev–Trinajstić information content (AvgIpc) is 3.58. The fraction of sp³-hybridized carbons (Fsp3) is 0.174. The molecule has 0 unspecified atom stereocenters. The Labute approximate surface area is 208 Å². The summed E-state index contributed by atoms with van der Waals surface area (Å²) in [6, 6.07) is 10.0. The van der Waals surface area contributed by atoms with Gasteiger partial charge in [-0.15, -0.1) is 28.1 Å². The minimum absolute atomic E-state index is 0.00434. The molecule has 0 fully saturated rings. The molecule has 7 nitrogen and oxygen atoms in total. The molecule has 174 valence electrons. The maximum Gasteiger partial charge on any atom is 0.231 e. The number of aromatic nitrogens is 4. The SMILES string of the molecule is C=CCn1c(COc2ccc(F)c(Cl)c2)nnc1SCc1csc(-c2ccc3c(c2)OCO3)n1. The molecule has 1 aliphatic rings. The first kappa shape index (κ1) is 22.7. The molecule has 0 bridgehead atoms. The molecule has 0 aliphatic carbocycles. The number of halogens is 2. The largest absolute Gasteiger partial charge is 0.486 e. The molecule has 0 spiro atoms. The average molecular weight is 517 g/mol. The Morgan fingerprint density at radius 2 is 2.09 bits per heavy atom. The number of thiazole rings is 1. The van der Waals surface area contributed by atoms with Crippen LogP contribution < -0.4 is 14.2 Å². The van der Waals surface area contributed by atoms with Gasteiger partial charge in [0.2, 0.25) is 6.79 Å². The Bertz CT molecular complexity index is 1340. The molecule has 0 radical (unpaired) electrons. The van der Waals surface area contributed by atoms with Crippen molar-refractivity contribution in [1.82, 2.24) is 19.7 Å². The van der Waals surface area contributed by atoms with Crippen molar-refractivity contribution >= 4 is 34.7 Å². The lowest BCUT2D eigenvalue weighted by Gasteiger charge is -2.09. The lowest BCUT2D eigenvalue weighted by molar-refractivity contribution is 0.174. The zero-order valence-electron chi connectivity index (χ0n) is 17.7. The van der Waals surface area contributed by atoms with Gasteiger partial charge in [-0.2, -0.15) is 0 Å². The van der Waals surface area contributed by atoms with Crippen molar-refractivity contribution in [2.75, 3.05) is 6.79 Å². The van der Waals surface area contributed by atoms with Gasteiger partial charge < -0.3 is 14.2 Å². The molecular weight excluding hydrogens is 499 g/mol. The minimum Gasteiger partial charge on any atom is -0.486 e. The molecule has 2 aromatic heterocycles. The van der Waals surface area contributed by atoms with E-state index in [2.05, 4.69) is 16.8 Å². The van der Waals surface area contributed by atoms with Crippen molar-refractivity contribution in [3.63, 3.8) is 0 Å². The second-order valence-corrected chi connectivity index (χ2v) is 9.37. The van der Waals surface area contributed by atoms with Crippen molar-refractivity contribution in [3.8, 4) is 27.8 Å². The summed E-state index contributed by atoms with van der Waals surface area (Å²) in [5, 5.41) is 12.2. The summed E-state index contributed by atoms with van der Waals surface area (Å²) in [6.45, 7) is 4.75. The van der Waals surface area contributed by atoms with Crippen molar-refractivity contribution < 1.29 is 18.6 Å². The second-order valence-electron chi connectivity index (χ2n) is 7.16. The minimum atomic E-state index is -0.494. The lowest BCUT2D eigenvalue weighted by Crippen LogP contribution is -2.07. The summed E-state index contributed by atoms with van der Waals surface area (Å²) in [7, 11) is 0. The quantitative estimate of drug-likeness (QED) is 0.200. The third-order valence-corrected chi connectivity index (χ3v) is 7.11. The Hall–Kier alpha value is -3.08. The summed E-state index contributed by atoms with van der Waals surface area (Å²) in [5.74, 6) is 2.70. The predicted molar refractivity (Wildman–Crippen MR) is 129 cm³/mol. The van der Waals surface area contributed by atoms with E-state index in [1.54, 1.807) is 17.4 Å². The fourth-order valence-corrected chi connectivity index (χ4v) is 5.19. The molecule has 0 saturated carbocycles. The molecule has 0 amide bonds. The van der Waals surface area contributed by atoms with Crippen LogP contribution in [0.4, 0.5) is 4.39 Å². The summed E-state index contributed by atoms with van der Waals surface area (Å²) in [4.78, 5) is 4.75. The number of allylic oxidation sites excluding steroid dienone is 1. The number of hydrogen-bond donors (Lipinski definition) is 0. The zero-order valence-corrected chi connectivity index (χ0v) is 20.1. The van der Waals surface area contributed by atoms with Crippen LogP contribution in [0.1, 0.15) is 11.5 Å². The molecular formula is C23H18ClFN4O3S2. The lowest BCUT2D eigenvalue weighted by atomic mass is 10.2. The standard InChI is InChI=1S/C23H18ClFN4O3S2/c1-2-7-29-21(10-30-16-4-5-18(25)17(24)9-16)27-28-23(29)34-12-15-11-33-22(26-15)14-3-6-19-20(8-14)32-13-31-19/h2-6,8-9,11H,1,7,10,12-13H2. The maximum atomic E-state index is 13.4. The van der Waals surface area contributed by atoms with Crippen molar-refractivity contribution in [1.29, 1.82) is 0 Å². The molecule has 0 N–H and O–H groups in total. The van der Waals surface area contributed by atoms with Gasteiger partial charge >= 0.3 is 0 Å². The molecule has 0 atom stereocenters. The molecule has 3 heterocycles. The first-order valence-electron chi connectivity index (χ1n) is 10.2. The van der Waals surface area contributed by atoms with Crippen LogP contribution in [0.5, 0.6) is 17.2 Å². The van der Waals surface area contributed by atoms with E-state index in [0.717, 1.165) is 32.9 Å². The normalized spacial score (nSPS) is 12.2. The highest BCUT2D eigenvalue weighted by atomic mass is 35.5. The fourth-order valence-electron chi connectivity index (χ4n) is 3.23. The van der Waals surface area contributed by atoms with E-state index in [0.29, 0.717) is 23.9 Å². The number of fused-ring (bicyclic) bond motifs is 1. The first-order valence-corrected chi connectivity index (χ1v) is 12.4. The topological polar surface area (TPSA) is 71.3 Å². The van der Waals surface area contributed by atoms with Gasteiger partial charge in [0.25, 0.3) is 0 Å². The van der Waals surface area contributed by atoms with E-state index in [1.807, 2.05) is 28.1 Å². The molecule has 4 aromatic rings. The van der Waals surface area contributed by atoms with E-state index >= 15 is 0 Å². The predicted octanol–water partition coefficient (Wildman–Crippen LogP) is 5.98. The van der Waals surface area contributed by atoms with Gasteiger partial charge in [0.05, 0.1) is 10.7 Å². The zero-order chi connectivity index (χ0) is 23.5. The number of nitrogens with zero attached hydrogens (tertiary/aromatic N) is 4. The van der Waals surface area contributed by atoms with Crippen LogP contribution in [0.15, 0.2) is 59.6 Å². The van der Waals surface area contributed by atoms with Crippen molar-refractivity contribution in [2.24, 2.45) is 0 Å². The highest BCUT2D eigenvalue weighted by Gasteiger charge is 2.17. The number of benzene rings is 2. The molecule has 5 rings (SSSR count). The van der Waals surface area contributed by atoms with Crippen LogP contribution in [0.3, 0.4) is 0 Å². The van der Waals surface area contributed by atoms with E-state index in [1.165, 1.54) is 30.0 Å². The maximum absolute atomic E-state index is 13.4. The van der Waals surface area contributed by atoms with Crippen LogP contribution >= 0.6 is 34.7 Å². The third kappa shape index (κ3) is 4.89. The van der Waals surface area contributed by atoms with Crippen LogP contribution in [-0.2, 0) is 18.9 Å². The van der Waals surface area contributed by atoms with E-state index in [9.17, 15) is 4.39 Å². The molecule has 0 saturated heterocycles. The van der Waals surface area contributed by atoms with Crippen molar-refractivity contribution in [2.45, 2.75) is 24.1 Å². The first-order chi connectivity index (χ1) is 16.6. The number of thioether (sulfide) groups is 1. The molecule has 1 aliphatic heterocycles. The van der Waals surface area contributed by atoms with Crippen LogP contribution in [0, 0.1) is 5.82 Å². The number of ether oxygens (including phenoxy) is 3. The van der Waals surface area contributed by atoms with Gasteiger partial charge in [-0.1, -0.05) is 29.4 Å². The Morgan fingerprint density at radius 1 is 1.21 bits per heavy atom. The van der Waals surface area contributed by atoms with E-state index < -0.39 is 5.82 Å². The monoisotopic (exact) mass is 516 g/mol. The highest BCUT2D eigenvalue weighted by molar-refractivity contribution is 7.98. The Balaban J connectivity index is 1.25. The Morgan fingerprint density at radius 3 is 2.94 bits per heavy atom.